The van der Waals surface area contributed by atoms with E-state index in [0.717, 1.165) is 135 Å². The summed E-state index contributed by atoms with van der Waals surface area (Å²) in [7, 11) is -14.8. The van der Waals surface area contributed by atoms with Gasteiger partial charge in [0.05, 0.1) is 41.8 Å². The van der Waals surface area contributed by atoms with Gasteiger partial charge in [-0.1, -0.05) is 218 Å². The van der Waals surface area contributed by atoms with Gasteiger partial charge < -0.3 is 56.6 Å². The van der Waals surface area contributed by atoms with Crippen molar-refractivity contribution in [1.29, 1.82) is 0 Å². The zero-order valence-corrected chi connectivity index (χ0v) is 48.0. The quantitative estimate of drug-likeness (QED) is 0.0415. The van der Waals surface area contributed by atoms with Crippen LogP contribution in [0.25, 0.3) is 0 Å². The maximum Gasteiger partial charge on any atom is 3.00 e. The molecule has 396 valence electrons. The molecule has 0 aromatic heterocycles. The van der Waals surface area contributed by atoms with Crippen LogP contribution < -0.4 is 29.4 Å². The maximum absolute atomic E-state index is 11.1. The summed E-state index contributed by atoms with van der Waals surface area (Å²) in [5.41, 5.74) is 0. The number of unbranched alkanes of at least 4 members (excludes halogenated alkanes) is 12. The Labute approximate surface area is 421 Å². The summed E-state index contributed by atoms with van der Waals surface area (Å²) in [5, 5.41) is 0. The first-order valence-corrected chi connectivity index (χ1v) is 30.1. The Morgan fingerprint density at radius 2 is 0.523 bits per heavy atom. The van der Waals surface area contributed by atoms with E-state index in [-0.39, 0.29) is 69.1 Å². The van der Waals surface area contributed by atoms with Gasteiger partial charge in [0, 0.05) is 0 Å². The summed E-state index contributed by atoms with van der Waals surface area (Å²) in [6, 6.07) is 0. The molecule has 0 aromatic rings. The van der Waals surface area contributed by atoms with E-state index < -0.39 is 41.8 Å². The summed E-state index contributed by atoms with van der Waals surface area (Å²) in [4.78, 5) is 66.4. The Balaban J connectivity index is -0.000000273. The zero-order chi connectivity index (χ0) is 48.9. The molecule has 0 bridgehead atoms. The van der Waals surface area contributed by atoms with E-state index in [4.69, 9.17) is 13.6 Å². The van der Waals surface area contributed by atoms with Crippen molar-refractivity contribution < 1.29 is 90.2 Å². The molecule has 0 fully saturated rings. The normalized spacial score (nSPS) is 16.2. The maximum atomic E-state index is 11.1. The molecular weight excluding hydrogens is 979 g/mol. The molecule has 0 aliphatic heterocycles. The predicted molar refractivity (Wildman–Crippen MR) is 251 cm³/mol. The topological polar surface area (TPSA) is 217 Å². The first kappa shape index (κ1) is 75.3. The summed E-state index contributed by atoms with van der Waals surface area (Å²) in [6.45, 7) is 25.0. The van der Waals surface area contributed by atoms with Gasteiger partial charge in [0.25, 0.3) is 0 Å². The van der Waals surface area contributed by atoms with Crippen molar-refractivity contribution >= 4 is 23.5 Å². The second-order valence-corrected chi connectivity index (χ2v) is 21.8. The van der Waals surface area contributed by atoms with Crippen LogP contribution in [0.15, 0.2) is 0 Å². The number of hydrogen-bond acceptors (Lipinski definition) is 12. The van der Waals surface area contributed by atoms with Gasteiger partial charge in [-0.2, -0.15) is 0 Å². The molecule has 0 spiro atoms. The second kappa shape index (κ2) is 46.4. The molecule has 17 heteroatoms. The van der Waals surface area contributed by atoms with Gasteiger partial charge >= 0.3 is 33.6 Å². The van der Waals surface area contributed by atoms with Crippen LogP contribution in [-0.2, 0) is 60.8 Å². The molecule has 0 rings (SSSR count). The minimum Gasteiger partial charge on any atom is -0.790 e. The van der Waals surface area contributed by atoms with E-state index in [9.17, 15) is 43.1 Å². The Morgan fingerprint density at radius 3 is 0.677 bits per heavy atom. The molecule has 65 heavy (non-hydrogen) atoms. The van der Waals surface area contributed by atoms with Gasteiger partial charge in [-0.25, -0.2) is 0 Å². The van der Waals surface area contributed by atoms with Crippen LogP contribution in [0.4, 0.5) is 0 Å². The van der Waals surface area contributed by atoms with Crippen LogP contribution in [0.5, 0.6) is 0 Å². The molecule has 0 radical (unpaired) electrons. The fourth-order valence-corrected chi connectivity index (χ4v) is 10.8. The van der Waals surface area contributed by atoms with E-state index in [1.54, 1.807) is 0 Å². The Morgan fingerprint density at radius 1 is 0.323 bits per heavy atom. The van der Waals surface area contributed by atoms with Crippen LogP contribution in [0.2, 0.25) is 0 Å². The molecule has 0 heterocycles. The summed E-state index contributed by atoms with van der Waals surface area (Å²) in [6.07, 6.45) is 26.9. The number of phosphoric ester groups is 3. The van der Waals surface area contributed by atoms with Gasteiger partial charge in [-0.3, -0.25) is 0 Å². The minimum atomic E-state index is -4.92. The predicted octanol–water partition coefficient (Wildman–Crippen LogP) is 12.1. The Kier molecular flexibility index (Phi) is 53.8. The Bertz CT molecular complexity index is 1020. The van der Waals surface area contributed by atoms with Crippen molar-refractivity contribution in [2.75, 3.05) is 0 Å². The average Bonchev–Trinajstić information content (AvgIpc) is 3.21. The minimum absolute atomic E-state index is 0. The van der Waals surface area contributed by atoms with Crippen molar-refractivity contribution in [3.8, 4) is 0 Å². The molecule has 12 nitrogen and oxygen atoms in total. The number of hydrogen-bond donors (Lipinski definition) is 0. The number of rotatable bonds is 39. The fraction of sp³-hybridized carbons (Fsp3) is 1.00. The van der Waals surface area contributed by atoms with Gasteiger partial charge in [0.1, 0.15) is 0 Å². The molecule has 0 saturated heterocycles. The fourth-order valence-electron chi connectivity index (χ4n) is 8.78. The third kappa shape index (κ3) is 45.0. The molecule has 0 aliphatic carbocycles. The number of phosphoric acid groups is 3. The molecule has 0 aliphatic rings. The molecule has 0 amide bonds. The average molecular weight is 1080 g/mol. The molecule has 9 atom stereocenters. The van der Waals surface area contributed by atoms with Gasteiger partial charge in [-0.05, 0) is 74.0 Å². The van der Waals surface area contributed by atoms with Crippen molar-refractivity contribution in [2.24, 2.45) is 35.5 Å². The second-order valence-electron chi connectivity index (χ2n) is 18.5. The van der Waals surface area contributed by atoms with Crippen molar-refractivity contribution in [3.63, 3.8) is 0 Å². The van der Waals surface area contributed by atoms with E-state index in [1.165, 1.54) is 38.5 Å². The molecule has 0 N–H and O–H groups in total. The molecule has 0 aromatic carbocycles. The summed E-state index contributed by atoms with van der Waals surface area (Å²) < 4.78 is 48.1. The molecule has 0 saturated carbocycles. The van der Waals surface area contributed by atoms with Crippen molar-refractivity contribution in [1.82, 2.24) is 0 Å². The van der Waals surface area contributed by atoms with E-state index in [1.807, 2.05) is 41.5 Å². The van der Waals surface area contributed by atoms with Crippen LogP contribution in [0.1, 0.15) is 256 Å². The van der Waals surface area contributed by atoms with Crippen LogP contribution in [-0.4, -0.2) is 18.3 Å². The van der Waals surface area contributed by atoms with E-state index in [2.05, 4.69) is 41.5 Å². The SMILES string of the molecule is CCCCCCC(C)C(OP(=O)([O-])[O-])C(CC)CCCC.CCCCCCC(C)C(OP(=O)([O-])[O-])C(CC)CCCC.CCCCCCC(C)C(OP(=O)([O-])[O-])C(CC)CCCC.[Co+3].[Co+3]. The van der Waals surface area contributed by atoms with E-state index >= 15 is 0 Å². The van der Waals surface area contributed by atoms with Crippen molar-refractivity contribution in [2.45, 2.75) is 275 Å². The summed E-state index contributed by atoms with van der Waals surface area (Å²) >= 11 is 0. The van der Waals surface area contributed by atoms with Crippen LogP contribution in [0.3, 0.4) is 0 Å². The summed E-state index contributed by atoms with van der Waals surface area (Å²) in [5.74, 6) is 0.798. The first-order chi connectivity index (χ1) is 29.6. The third-order valence-corrected chi connectivity index (χ3v) is 14.2. The monoisotopic (exact) mass is 1080 g/mol. The standard InChI is InChI=1S/3C16H35O4P.2Co/c3*1-5-8-10-11-12-14(4)16(20-21(17,18)19)15(7-3)13-9-6-2;;/h3*14-16H,5-13H2,1-4H3,(H2,17,18,19);;/q;;;2*+3/p-6. The zero-order valence-electron chi connectivity index (χ0n) is 43.2. The first-order valence-electron chi connectivity index (χ1n) is 25.7. The third-order valence-electron chi connectivity index (χ3n) is 12.7. The van der Waals surface area contributed by atoms with Crippen molar-refractivity contribution in [3.05, 3.63) is 0 Å². The van der Waals surface area contributed by atoms with Crippen LogP contribution in [0, 0.1) is 35.5 Å². The smallest absolute Gasteiger partial charge is 0.790 e. The van der Waals surface area contributed by atoms with Gasteiger partial charge in [0.15, 0.2) is 0 Å². The van der Waals surface area contributed by atoms with Gasteiger partial charge in [-0.15, -0.1) is 0 Å². The van der Waals surface area contributed by atoms with Gasteiger partial charge in [0.2, 0.25) is 0 Å². The van der Waals surface area contributed by atoms with Crippen LogP contribution >= 0.6 is 23.5 Å². The Hall–Kier alpha value is 1.34. The van der Waals surface area contributed by atoms with E-state index in [0.29, 0.717) is 0 Å². The molecular formula is C48H99Co2O12P3. The largest absolute Gasteiger partial charge is 3.00 e. The molecule has 9 unspecified atom stereocenters.